The number of nitrogens with two attached hydrogens (primary N) is 1. The Morgan fingerprint density at radius 2 is 2.00 bits per heavy atom. The van der Waals surface area contributed by atoms with Crippen LogP contribution in [0.2, 0.25) is 0 Å². The van der Waals surface area contributed by atoms with Gasteiger partial charge in [0.2, 0.25) is 0 Å². The van der Waals surface area contributed by atoms with Crippen LogP contribution in [0.15, 0.2) is 24.3 Å². The Kier molecular flexibility index (Phi) is 3.55. The van der Waals surface area contributed by atoms with Crippen molar-refractivity contribution in [1.29, 1.82) is 0 Å². The average molecular weight is 259 g/mol. The number of para-hydroxylation sites is 1. The molecule has 0 unspecified atom stereocenters. The predicted octanol–water partition coefficient (Wildman–Crippen LogP) is 2.99. The highest BCUT2D eigenvalue weighted by Gasteiger charge is 2.10. The van der Waals surface area contributed by atoms with Crippen molar-refractivity contribution in [3.05, 3.63) is 35.7 Å². The molecular weight excluding hydrogens is 242 g/mol. The van der Waals surface area contributed by atoms with Crippen LogP contribution in [0.3, 0.4) is 0 Å². The van der Waals surface area contributed by atoms with E-state index >= 15 is 0 Å². The first-order valence-corrected chi connectivity index (χ1v) is 6.08. The van der Waals surface area contributed by atoms with E-state index in [1.807, 2.05) is 26.8 Å². The summed E-state index contributed by atoms with van der Waals surface area (Å²) >= 11 is 0. The second-order valence-corrected chi connectivity index (χ2v) is 4.66. The second kappa shape index (κ2) is 5.14. The molecule has 0 fully saturated rings. The largest absolute Gasteiger partial charge is 0.506 e. The Morgan fingerprint density at radius 1 is 1.26 bits per heavy atom. The first-order valence-electron chi connectivity index (χ1n) is 6.08. The molecule has 0 radical (unpaired) electrons. The lowest BCUT2D eigenvalue weighted by molar-refractivity contribution is 0.430. The number of hydrogen-bond acceptors (Lipinski definition) is 5. The van der Waals surface area contributed by atoms with E-state index in [-0.39, 0.29) is 23.4 Å². The fourth-order valence-corrected chi connectivity index (χ4v) is 1.63. The lowest BCUT2D eigenvalue weighted by atomic mass is 10.1. The zero-order valence-corrected chi connectivity index (χ0v) is 11.2. The highest BCUT2D eigenvalue weighted by atomic mass is 16.5. The van der Waals surface area contributed by atoms with E-state index in [0.717, 1.165) is 11.4 Å². The molecule has 0 aliphatic rings. The van der Waals surface area contributed by atoms with Crippen molar-refractivity contribution in [3.63, 3.8) is 0 Å². The molecule has 100 valence electrons. The summed E-state index contributed by atoms with van der Waals surface area (Å²) in [5.41, 5.74) is 7.65. The van der Waals surface area contributed by atoms with E-state index in [9.17, 15) is 5.11 Å². The Bertz CT molecular complexity index is 597. The van der Waals surface area contributed by atoms with E-state index in [0.29, 0.717) is 5.75 Å². The van der Waals surface area contributed by atoms with Crippen molar-refractivity contribution in [3.8, 4) is 17.5 Å². The zero-order valence-electron chi connectivity index (χ0n) is 11.2. The molecule has 0 spiro atoms. The molecule has 0 atom stereocenters. The Labute approximate surface area is 112 Å². The van der Waals surface area contributed by atoms with Crippen LogP contribution in [0.5, 0.6) is 17.5 Å². The maximum atomic E-state index is 9.53. The van der Waals surface area contributed by atoms with E-state index in [4.69, 9.17) is 10.5 Å². The van der Waals surface area contributed by atoms with Crippen LogP contribution >= 0.6 is 0 Å². The molecule has 1 aromatic carbocycles. The van der Waals surface area contributed by atoms with Crippen LogP contribution in [0.25, 0.3) is 0 Å². The lowest BCUT2D eigenvalue weighted by Crippen LogP contribution is -2.01. The summed E-state index contributed by atoms with van der Waals surface area (Å²) in [6.07, 6.45) is 0. The smallest absolute Gasteiger partial charge is 0.322 e. The Morgan fingerprint density at radius 3 is 2.68 bits per heavy atom. The van der Waals surface area contributed by atoms with Crippen LogP contribution in [0.1, 0.15) is 31.2 Å². The van der Waals surface area contributed by atoms with E-state index in [1.165, 1.54) is 6.07 Å². The van der Waals surface area contributed by atoms with Crippen molar-refractivity contribution >= 4 is 5.69 Å². The monoisotopic (exact) mass is 259 g/mol. The van der Waals surface area contributed by atoms with Gasteiger partial charge in [-0.1, -0.05) is 19.9 Å². The molecule has 0 aliphatic heterocycles. The molecule has 0 amide bonds. The van der Waals surface area contributed by atoms with Gasteiger partial charge in [-0.05, 0) is 31.0 Å². The van der Waals surface area contributed by atoms with Gasteiger partial charge in [0.1, 0.15) is 11.4 Å². The SMILES string of the molecule is Cc1cc(C(C)C)nc(Oc2cccc(O)c2N)n1. The van der Waals surface area contributed by atoms with Gasteiger partial charge in [0.25, 0.3) is 0 Å². The highest BCUT2D eigenvalue weighted by molar-refractivity contribution is 5.62. The topological polar surface area (TPSA) is 81.3 Å². The van der Waals surface area contributed by atoms with Gasteiger partial charge in [0, 0.05) is 5.69 Å². The average Bonchev–Trinajstić information content (AvgIpc) is 2.34. The van der Waals surface area contributed by atoms with Crippen molar-refractivity contribution in [2.24, 2.45) is 0 Å². The summed E-state index contributed by atoms with van der Waals surface area (Å²) in [4.78, 5) is 8.54. The van der Waals surface area contributed by atoms with Crippen LogP contribution in [0.4, 0.5) is 5.69 Å². The summed E-state index contributed by atoms with van der Waals surface area (Å²) in [5, 5.41) is 9.53. The van der Waals surface area contributed by atoms with Gasteiger partial charge in [0.05, 0.1) is 5.69 Å². The van der Waals surface area contributed by atoms with Crippen LogP contribution in [0, 0.1) is 6.92 Å². The number of rotatable bonds is 3. The minimum atomic E-state index is -0.0192. The first-order chi connectivity index (χ1) is 8.97. The number of ether oxygens (including phenoxy) is 1. The number of aromatic nitrogens is 2. The molecule has 5 heteroatoms. The third kappa shape index (κ3) is 2.93. The number of benzene rings is 1. The van der Waals surface area contributed by atoms with Crippen LogP contribution < -0.4 is 10.5 Å². The Balaban J connectivity index is 2.35. The van der Waals surface area contributed by atoms with Crippen molar-refractivity contribution in [2.45, 2.75) is 26.7 Å². The maximum absolute atomic E-state index is 9.53. The molecule has 0 saturated carbocycles. The number of nitrogen functional groups attached to an aromatic ring is 1. The number of nitrogens with zero attached hydrogens (tertiary/aromatic N) is 2. The number of anilines is 1. The lowest BCUT2D eigenvalue weighted by Gasteiger charge is -2.11. The standard InChI is InChI=1S/C14H17N3O2/c1-8(2)10-7-9(3)16-14(17-10)19-12-6-4-5-11(18)13(12)15/h4-8,18H,15H2,1-3H3. The molecule has 1 aromatic heterocycles. The summed E-state index contributed by atoms with van der Waals surface area (Å²) < 4.78 is 5.55. The summed E-state index contributed by atoms with van der Waals surface area (Å²) in [5.74, 6) is 0.611. The maximum Gasteiger partial charge on any atom is 0.322 e. The second-order valence-electron chi connectivity index (χ2n) is 4.66. The molecule has 3 N–H and O–H groups in total. The summed E-state index contributed by atoms with van der Waals surface area (Å²) in [7, 11) is 0. The fourth-order valence-electron chi connectivity index (χ4n) is 1.63. The minimum absolute atomic E-state index is 0.0192. The third-order valence-corrected chi connectivity index (χ3v) is 2.69. The zero-order chi connectivity index (χ0) is 14.0. The van der Waals surface area contributed by atoms with Gasteiger partial charge < -0.3 is 15.6 Å². The number of hydrogen-bond donors (Lipinski definition) is 2. The molecular formula is C14H17N3O2. The van der Waals surface area contributed by atoms with Crippen molar-refractivity contribution in [1.82, 2.24) is 9.97 Å². The van der Waals surface area contributed by atoms with E-state index in [2.05, 4.69) is 9.97 Å². The van der Waals surface area contributed by atoms with Crippen molar-refractivity contribution < 1.29 is 9.84 Å². The molecule has 2 rings (SSSR count). The molecule has 0 saturated heterocycles. The van der Waals surface area contributed by atoms with Gasteiger partial charge >= 0.3 is 6.01 Å². The molecule has 0 aliphatic carbocycles. The molecule has 19 heavy (non-hydrogen) atoms. The number of phenolic OH excluding ortho intramolecular Hbond substituents is 1. The number of aryl methyl sites for hydroxylation is 1. The van der Waals surface area contributed by atoms with Gasteiger partial charge in [-0.25, -0.2) is 4.98 Å². The molecule has 5 nitrogen and oxygen atoms in total. The molecule has 0 bridgehead atoms. The first kappa shape index (κ1) is 13.1. The van der Waals surface area contributed by atoms with E-state index in [1.54, 1.807) is 12.1 Å². The number of phenols is 1. The summed E-state index contributed by atoms with van der Waals surface area (Å²) in [6.45, 7) is 5.98. The fraction of sp³-hybridized carbons (Fsp3) is 0.286. The quantitative estimate of drug-likeness (QED) is 0.654. The van der Waals surface area contributed by atoms with Gasteiger partial charge in [0.15, 0.2) is 5.75 Å². The van der Waals surface area contributed by atoms with Crippen molar-refractivity contribution in [2.75, 3.05) is 5.73 Å². The minimum Gasteiger partial charge on any atom is -0.506 e. The molecule has 2 aromatic rings. The van der Waals surface area contributed by atoms with Gasteiger partial charge in [-0.15, -0.1) is 0 Å². The van der Waals surface area contributed by atoms with Gasteiger partial charge in [-0.2, -0.15) is 4.98 Å². The predicted molar refractivity (Wildman–Crippen MR) is 73.5 cm³/mol. The highest BCUT2D eigenvalue weighted by Crippen LogP contribution is 2.32. The Hall–Kier alpha value is -2.30. The van der Waals surface area contributed by atoms with E-state index < -0.39 is 0 Å². The third-order valence-electron chi connectivity index (χ3n) is 2.69. The summed E-state index contributed by atoms with van der Waals surface area (Å²) in [6, 6.07) is 6.97. The normalized spacial score (nSPS) is 10.7. The van der Waals surface area contributed by atoms with Crippen LogP contribution in [-0.4, -0.2) is 15.1 Å². The van der Waals surface area contributed by atoms with Gasteiger partial charge in [-0.3, -0.25) is 0 Å². The van der Waals surface area contributed by atoms with Crippen LogP contribution in [-0.2, 0) is 0 Å². The molecule has 1 heterocycles. The number of aromatic hydroxyl groups is 1.